The largest absolute Gasteiger partial charge is 0.508 e. The molecule has 0 atom stereocenters. The summed E-state index contributed by atoms with van der Waals surface area (Å²) in [5.41, 5.74) is 3.36. The first-order valence-electron chi connectivity index (χ1n) is 13.6. The van der Waals surface area contributed by atoms with E-state index in [2.05, 4.69) is 20.7 Å². The van der Waals surface area contributed by atoms with Gasteiger partial charge < -0.3 is 25.2 Å². The standard InChI is InChI=1S/C30H32N6O7/c1-5-13-35(30(41)43-17-42-29(40)20-9-11-22(37)12-10-20)28(39)23-15-36-25(19(23)4)26(32-16-33-36)34-24-14-21(8-7-18(24)3)27(38)31-6-2/h7-12,14-16,37H,5-6,13,17H2,1-4H3,(H,31,38)(H,32,33,34). The Kier molecular flexibility index (Phi) is 9.55. The van der Waals surface area contributed by atoms with Crippen LogP contribution in [0.15, 0.2) is 55.0 Å². The van der Waals surface area contributed by atoms with Gasteiger partial charge in [0.2, 0.25) is 6.79 Å². The predicted octanol–water partition coefficient (Wildman–Crippen LogP) is 4.35. The van der Waals surface area contributed by atoms with E-state index in [0.717, 1.165) is 10.5 Å². The number of imide groups is 1. The zero-order valence-corrected chi connectivity index (χ0v) is 24.2. The molecule has 3 N–H and O–H groups in total. The van der Waals surface area contributed by atoms with Gasteiger partial charge in [0.15, 0.2) is 5.82 Å². The summed E-state index contributed by atoms with van der Waals surface area (Å²) in [7, 11) is 0. The van der Waals surface area contributed by atoms with Gasteiger partial charge >= 0.3 is 12.1 Å². The summed E-state index contributed by atoms with van der Waals surface area (Å²) in [4.78, 5) is 56.3. The Labute approximate surface area is 247 Å². The fourth-order valence-corrected chi connectivity index (χ4v) is 4.29. The van der Waals surface area contributed by atoms with E-state index in [1.165, 1.54) is 41.3 Å². The summed E-state index contributed by atoms with van der Waals surface area (Å²) in [6.45, 7) is 7.08. The van der Waals surface area contributed by atoms with Crippen molar-refractivity contribution in [1.82, 2.24) is 24.8 Å². The Bertz CT molecular complexity index is 1670. The monoisotopic (exact) mass is 588 g/mol. The lowest BCUT2D eigenvalue weighted by Crippen LogP contribution is -2.38. The quantitative estimate of drug-likeness (QED) is 0.179. The van der Waals surface area contributed by atoms with Crippen LogP contribution in [0.1, 0.15) is 62.5 Å². The fraction of sp³-hybridized carbons (Fsp3) is 0.267. The normalized spacial score (nSPS) is 10.7. The number of fused-ring (bicyclic) bond motifs is 1. The van der Waals surface area contributed by atoms with Crippen LogP contribution in [-0.4, -0.2) is 68.4 Å². The number of phenols is 1. The second-order valence-electron chi connectivity index (χ2n) is 9.55. The van der Waals surface area contributed by atoms with Crippen LogP contribution in [0.2, 0.25) is 0 Å². The summed E-state index contributed by atoms with van der Waals surface area (Å²) in [6, 6.07) is 10.6. The first-order valence-corrected chi connectivity index (χ1v) is 13.6. The molecule has 0 saturated carbocycles. The Hall–Kier alpha value is -5.46. The minimum Gasteiger partial charge on any atom is -0.508 e. The van der Waals surface area contributed by atoms with Crippen LogP contribution < -0.4 is 10.6 Å². The summed E-state index contributed by atoms with van der Waals surface area (Å²) in [5.74, 6) is -1.21. The average Bonchev–Trinajstić information content (AvgIpc) is 3.34. The second kappa shape index (κ2) is 13.5. The number of rotatable bonds is 10. The molecular weight excluding hydrogens is 556 g/mol. The Morgan fingerprint density at radius 3 is 2.42 bits per heavy atom. The SMILES string of the molecule is CCCN(C(=O)OCOC(=O)c1ccc(O)cc1)C(=O)c1cn2ncnc(Nc3cc(C(=O)NCC)ccc3C)c2c1C. The summed E-state index contributed by atoms with van der Waals surface area (Å²) < 4.78 is 11.6. The molecule has 0 aliphatic heterocycles. The second-order valence-corrected chi connectivity index (χ2v) is 9.55. The van der Waals surface area contributed by atoms with Crippen molar-refractivity contribution in [2.45, 2.75) is 34.1 Å². The summed E-state index contributed by atoms with van der Waals surface area (Å²) in [5, 5.41) is 19.6. The van der Waals surface area contributed by atoms with Gasteiger partial charge in [-0.15, -0.1) is 0 Å². The first-order chi connectivity index (χ1) is 20.6. The molecule has 2 aromatic carbocycles. The molecule has 0 aliphatic rings. The van der Waals surface area contributed by atoms with Gasteiger partial charge in [-0.05, 0) is 74.7 Å². The van der Waals surface area contributed by atoms with Gasteiger partial charge in [0.1, 0.15) is 17.6 Å². The molecule has 0 aliphatic carbocycles. The van der Waals surface area contributed by atoms with Crippen LogP contribution in [0.4, 0.5) is 16.3 Å². The van der Waals surface area contributed by atoms with Gasteiger partial charge in [0.05, 0.1) is 11.1 Å². The van der Waals surface area contributed by atoms with Gasteiger partial charge in [-0.1, -0.05) is 13.0 Å². The number of aryl methyl sites for hydroxylation is 2. The zero-order chi connectivity index (χ0) is 31.1. The highest BCUT2D eigenvalue weighted by Gasteiger charge is 2.28. The van der Waals surface area contributed by atoms with Crippen molar-refractivity contribution in [1.29, 1.82) is 0 Å². The Morgan fingerprint density at radius 1 is 1.00 bits per heavy atom. The highest BCUT2D eigenvalue weighted by Crippen LogP contribution is 2.28. The number of phenolic OH excluding ortho intramolecular Hbond substituents is 1. The molecule has 3 amide bonds. The molecule has 224 valence electrons. The van der Waals surface area contributed by atoms with Gasteiger partial charge in [-0.2, -0.15) is 5.10 Å². The van der Waals surface area contributed by atoms with E-state index in [9.17, 15) is 24.3 Å². The molecule has 13 heteroatoms. The maximum absolute atomic E-state index is 13.6. The Balaban J connectivity index is 1.54. The van der Waals surface area contributed by atoms with Crippen LogP contribution in [-0.2, 0) is 9.47 Å². The van der Waals surface area contributed by atoms with Crippen molar-refractivity contribution in [3.8, 4) is 5.75 Å². The molecule has 0 fully saturated rings. The summed E-state index contributed by atoms with van der Waals surface area (Å²) in [6.07, 6.45) is 2.29. The molecule has 4 aromatic rings. The smallest absolute Gasteiger partial charge is 0.419 e. The van der Waals surface area contributed by atoms with E-state index in [4.69, 9.17) is 9.47 Å². The molecule has 4 rings (SSSR count). The minimum absolute atomic E-state index is 0.0139. The van der Waals surface area contributed by atoms with Crippen molar-refractivity contribution in [3.05, 3.63) is 82.8 Å². The number of benzene rings is 2. The topological polar surface area (TPSA) is 164 Å². The van der Waals surface area contributed by atoms with E-state index >= 15 is 0 Å². The van der Waals surface area contributed by atoms with Gasteiger partial charge in [0.25, 0.3) is 11.8 Å². The van der Waals surface area contributed by atoms with Crippen molar-refractivity contribution in [2.75, 3.05) is 25.2 Å². The van der Waals surface area contributed by atoms with E-state index in [-0.39, 0.29) is 29.3 Å². The molecule has 2 aromatic heterocycles. The minimum atomic E-state index is -0.984. The zero-order valence-electron chi connectivity index (χ0n) is 24.2. The maximum Gasteiger partial charge on any atom is 0.419 e. The number of anilines is 2. The number of nitrogens with zero attached hydrogens (tertiary/aromatic N) is 4. The predicted molar refractivity (Wildman–Crippen MR) is 156 cm³/mol. The first kappa shape index (κ1) is 30.5. The van der Waals surface area contributed by atoms with Crippen LogP contribution in [0, 0.1) is 13.8 Å². The van der Waals surface area contributed by atoms with E-state index in [1.54, 1.807) is 26.0 Å². The van der Waals surface area contributed by atoms with Crippen molar-refractivity contribution in [2.24, 2.45) is 0 Å². The highest BCUT2D eigenvalue weighted by atomic mass is 16.7. The third-order valence-corrected chi connectivity index (χ3v) is 6.54. The third-order valence-electron chi connectivity index (χ3n) is 6.54. The maximum atomic E-state index is 13.6. The van der Waals surface area contributed by atoms with Gasteiger partial charge in [-0.3, -0.25) is 9.59 Å². The molecule has 0 radical (unpaired) electrons. The Morgan fingerprint density at radius 2 is 1.72 bits per heavy atom. The summed E-state index contributed by atoms with van der Waals surface area (Å²) >= 11 is 0. The number of esters is 1. The van der Waals surface area contributed by atoms with E-state index in [0.29, 0.717) is 41.1 Å². The molecule has 0 saturated heterocycles. The molecule has 2 heterocycles. The van der Waals surface area contributed by atoms with Crippen LogP contribution in [0.3, 0.4) is 0 Å². The lowest BCUT2D eigenvalue weighted by molar-refractivity contribution is -0.0105. The number of carbonyl (C=O) groups excluding carboxylic acids is 4. The number of hydrogen-bond acceptors (Lipinski definition) is 10. The molecule has 43 heavy (non-hydrogen) atoms. The number of amides is 3. The van der Waals surface area contributed by atoms with Crippen molar-refractivity contribution in [3.63, 3.8) is 0 Å². The number of aromatic hydroxyl groups is 1. The van der Waals surface area contributed by atoms with E-state index < -0.39 is 24.8 Å². The lowest BCUT2D eigenvalue weighted by atomic mass is 10.1. The number of hydrogen-bond donors (Lipinski definition) is 3. The number of aromatic nitrogens is 3. The van der Waals surface area contributed by atoms with Crippen LogP contribution >= 0.6 is 0 Å². The molecule has 0 spiro atoms. The highest BCUT2D eigenvalue weighted by molar-refractivity contribution is 6.06. The van der Waals surface area contributed by atoms with Gasteiger partial charge in [-0.25, -0.2) is 24.0 Å². The number of carbonyl (C=O) groups is 4. The molecule has 0 bridgehead atoms. The molecule has 13 nitrogen and oxygen atoms in total. The van der Waals surface area contributed by atoms with Crippen LogP contribution in [0.5, 0.6) is 5.75 Å². The van der Waals surface area contributed by atoms with Crippen molar-refractivity contribution < 1.29 is 33.8 Å². The van der Waals surface area contributed by atoms with E-state index in [1.807, 2.05) is 19.9 Å². The number of ether oxygens (including phenoxy) is 2. The number of nitrogens with one attached hydrogen (secondary N) is 2. The lowest BCUT2D eigenvalue weighted by Gasteiger charge is -2.19. The third kappa shape index (κ3) is 6.89. The molecular formula is C30H32N6O7. The fourth-order valence-electron chi connectivity index (χ4n) is 4.29. The van der Waals surface area contributed by atoms with Crippen molar-refractivity contribution >= 4 is 40.9 Å². The van der Waals surface area contributed by atoms with Crippen LogP contribution in [0.25, 0.3) is 5.52 Å². The average molecular weight is 589 g/mol. The molecule has 0 unspecified atom stereocenters. The van der Waals surface area contributed by atoms with Gasteiger partial charge in [0, 0.05) is 30.5 Å².